The van der Waals surface area contributed by atoms with E-state index in [0.717, 1.165) is 30.5 Å². The Kier molecular flexibility index (Phi) is 6.29. The van der Waals surface area contributed by atoms with Gasteiger partial charge in [-0.15, -0.1) is 0 Å². The summed E-state index contributed by atoms with van der Waals surface area (Å²) in [6.07, 6.45) is 5.85. The summed E-state index contributed by atoms with van der Waals surface area (Å²) in [4.78, 5) is 3.91. The Morgan fingerprint density at radius 3 is 2.75 bits per heavy atom. The minimum Gasteiger partial charge on any atom is -0.330 e. The summed E-state index contributed by atoms with van der Waals surface area (Å²) in [6, 6.07) is 0. The molecule has 0 aliphatic carbocycles. The highest BCUT2D eigenvalue weighted by atomic mass is 14.6. The van der Waals surface area contributed by atoms with Crippen molar-refractivity contribution in [2.24, 2.45) is 10.7 Å². The summed E-state index contributed by atoms with van der Waals surface area (Å²) in [6.45, 7) is 6.67. The van der Waals surface area contributed by atoms with Crippen LogP contribution in [0.15, 0.2) is 28.8 Å². The number of allylic oxidation sites excluding steroid dienone is 3. The van der Waals surface area contributed by atoms with Crippen LogP contribution in [-0.4, -0.2) is 19.8 Å². The number of aliphatic imine (C=N–C) groups is 1. The molecule has 2 heteroatoms. The molecule has 0 aliphatic heterocycles. The SMILES string of the molecule is C=C(/C=C(/C)C=NC)CCCN. The van der Waals surface area contributed by atoms with E-state index in [0.29, 0.717) is 0 Å². The van der Waals surface area contributed by atoms with Crippen molar-refractivity contribution in [3.63, 3.8) is 0 Å². The lowest BCUT2D eigenvalue weighted by Crippen LogP contribution is -1.98. The van der Waals surface area contributed by atoms with Gasteiger partial charge in [0.1, 0.15) is 0 Å². The quantitative estimate of drug-likeness (QED) is 0.492. The van der Waals surface area contributed by atoms with Crippen molar-refractivity contribution in [2.45, 2.75) is 19.8 Å². The fourth-order valence-corrected chi connectivity index (χ4v) is 0.964. The molecule has 0 saturated heterocycles. The van der Waals surface area contributed by atoms with Gasteiger partial charge in [0, 0.05) is 13.3 Å². The molecular weight excluding hydrogens is 148 g/mol. The van der Waals surface area contributed by atoms with Gasteiger partial charge < -0.3 is 5.73 Å². The average molecular weight is 166 g/mol. The Balaban J connectivity index is 3.88. The van der Waals surface area contributed by atoms with Crippen molar-refractivity contribution in [1.29, 1.82) is 0 Å². The summed E-state index contributed by atoms with van der Waals surface area (Å²) in [5.74, 6) is 0. The third-order valence-corrected chi connectivity index (χ3v) is 1.47. The topological polar surface area (TPSA) is 38.4 Å². The maximum Gasteiger partial charge on any atom is 0.0277 e. The maximum atomic E-state index is 5.38. The van der Waals surface area contributed by atoms with Crippen molar-refractivity contribution in [2.75, 3.05) is 13.6 Å². The van der Waals surface area contributed by atoms with Crippen LogP contribution in [0, 0.1) is 0 Å². The van der Waals surface area contributed by atoms with Crippen LogP contribution in [0.2, 0.25) is 0 Å². The molecule has 0 aromatic heterocycles. The van der Waals surface area contributed by atoms with E-state index in [4.69, 9.17) is 5.73 Å². The molecule has 0 unspecified atom stereocenters. The van der Waals surface area contributed by atoms with E-state index < -0.39 is 0 Å². The molecule has 0 amide bonds. The Hall–Kier alpha value is -0.890. The van der Waals surface area contributed by atoms with Crippen molar-refractivity contribution in [1.82, 2.24) is 0 Å². The number of rotatable bonds is 5. The lowest BCUT2D eigenvalue weighted by molar-refractivity contribution is 0.837. The number of nitrogens with two attached hydrogens (primary N) is 1. The van der Waals surface area contributed by atoms with E-state index in [9.17, 15) is 0 Å². The highest BCUT2D eigenvalue weighted by molar-refractivity contribution is 5.78. The predicted molar refractivity (Wildman–Crippen MR) is 55.6 cm³/mol. The second-order valence-corrected chi connectivity index (χ2v) is 2.83. The molecule has 2 N–H and O–H groups in total. The minimum absolute atomic E-state index is 0.730. The lowest BCUT2D eigenvalue weighted by atomic mass is 10.1. The van der Waals surface area contributed by atoms with Gasteiger partial charge in [-0.05, 0) is 31.9 Å². The van der Waals surface area contributed by atoms with Crippen molar-refractivity contribution in [3.05, 3.63) is 23.8 Å². The van der Waals surface area contributed by atoms with Crippen molar-refractivity contribution in [3.8, 4) is 0 Å². The van der Waals surface area contributed by atoms with E-state index in [2.05, 4.69) is 11.6 Å². The molecular formula is C10H18N2. The summed E-state index contributed by atoms with van der Waals surface area (Å²) in [5, 5.41) is 0. The number of hydrogen-bond acceptors (Lipinski definition) is 2. The third-order valence-electron chi connectivity index (χ3n) is 1.47. The van der Waals surface area contributed by atoms with Crippen molar-refractivity contribution < 1.29 is 0 Å². The summed E-state index contributed by atoms with van der Waals surface area (Å²) >= 11 is 0. The third kappa shape index (κ3) is 5.86. The molecule has 0 spiro atoms. The van der Waals surface area contributed by atoms with E-state index in [1.165, 1.54) is 0 Å². The first-order valence-corrected chi connectivity index (χ1v) is 4.19. The molecule has 0 aliphatic rings. The van der Waals surface area contributed by atoms with Gasteiger partial charge in [0.2, 0.25) is 0 Å². The molecule has 12 heavy (non-hydrogen) atoms. The fourth-order valence-electron chi connectivity index (χ4n) is 0.964. The number of nitrogens with zero attached hydrogens (tertiary/aromatic N) is 1. The highest BCUT2D eigenvalue weighted by Crippen LogP contribution is 2.05. The molecule has 0 aromatic rings. The van der Waals surface area contributed by atoms with E-state index in [-0.39, 0.29) is 0 Å². The molecule has 0 atom stereocenters. The highest BCUT2D eigenvalue weighted by Gasteiger charge is 1.89. The van der Waals surface area contributed by atoms with Crippen LogP contribution in [-0.2, 0) is 0 Å². The van der Waals surface area contributed by atoms with Gasteiger partial charge in [0.25, 0.3) is 0 Å². The van der Waals surface area contributed by atoms with Crippen molar-refractivity contribution >= 4 is 6.21 Å². The maximum absolute atomic E-state index is 5.38. The summed E-state index contributed by atoms with van der Waals surface area (Å²) in [7, 11) is 1.76. The molecule has 0 fully saturated rings. The largest absolute Gasteiger partial charge is 0.330 e. The van der Waals surface area contributed by atoms with Gasteiger partial charge in [-0.25, -0.2) is 0 Å². The monoisotopic (exact) mass is 166 g/mol. The Morgan fingerprint density at radius 1 is 1.58 bits per heavy atom. The van der Waals surface area contributed by atoms with Crippen LogP contribution in [0.4, 0.5) is 0 Å². The molecule has 0 aromatic carbocycles. The Labute approximate surface area is 74.9 Å². The second kappa shape index (κ2) is 6.80. The zero-order valence-electron chi connectivity index (χ0n) is 8.01. The predicted octanol–water partition coefficient (Wildman–Crippen LogP) is 1.93. The van der Waals surface area contributed by atoms with Gasteiger partial charge in [0.15, 0.2) is 0 Å². The van der Waals surface area contributed by atoms with Gasteiger partial charge in [0.05, 0.1) is 0 Å². The van der Waals surface area contributed by atoms with Gasteiger partial charge in [-0.1, -0.05) is 18.2 Å². The van der Waals surface area contributed by atoms with Gasteiger partial charge in [-0.3, -0.25) is 4.99 Å². The van der Waals surface area contributed by atoms with Crippen LogP contribution in [0.1, 0.15) is 19.8 Å². The van der Waals surface area contributed by atoms with Crippen LogP contribution < -0.4 is 5.73 Å². The zero-order valence-corrected chi connectivity index (χ0v) is 8.01. The lowest BCUT2D eigenvalue weighted by Gasteiger charge is -1.98. The molecule has 0 heterocycles. The average Bonchev–Trinajstić information content (AvgIpc) is 2.01. The Bertz CT molecular complexity index is 190. The van der Waals surface area contributed by atoms with E-state index in [1.807, 2.05) is 19.2 Å². The Morgan fingerprint density at radius 2 is 2.25 bits per heavy atom. The molecule has 68 valence electrons. The molecule has 2 nitrogen and oxygen atoms in total. The first kappa shape index (κ1) is 11.1. The second-order valence-electron chi connectivity index (χ2n) is 2.83. The van der Waals surface area contributed by atoms with E-state index >= 15 is 0 Å². The van der Waals surface area contributed by atoms with Crippen LogP contribution in [0.5, 0.6) is 0 Å². The van der Waals surface area contributed by atoms with Crippen LogP contribution in [0.25, 0.3) is 0 Å². The molecule has 0 bridgehead atoms. The fraction of sp³-hybridized carbons (Fsp3) is 0.500. The van der Waals surface area contributed by atoms with Crippen LogP contribution in [0.3, 0.4) is 0 Å². The summed E-state index contributed by atoms with van der Waals surface area (Å²) in [5.41, 5.74) is 7.64. The van der Waals surface area contributed by atoms with Gasteiger partial charge in [-0.2, -0.15) is 0 Å². The molecule has 0 rings (SSSR count). The smallest absolute Gasteiger partial charge is 0.0277 e. The standard InChI is InChI=1S/C10H18N2/c1-9(5-4-6-11)7-10(2)8-12-3/h7-8H,1,4-6,11H2,2-3H3/b10-7-,12-8?. The minimum atomic E-state index is 0.730. The van der Waals surface area contributed by atoms with Crippen LogP contribution >= 0.6 is 0 Å². The van der Waals surface area contributed by atoms with Gasteiger partial charge >= 0.3 is 0 Å². The number of hydrogen-bond donors (Lipinski definition) is 1. The summed E-state index contributed by atoms with van der Waals surface area (Å²) < 4.78 is 0. The van der Waals surface area contributed by atoms with E-state index in [1.54, 1.807) is 7.05 Å². The first-order chi connectivity index (χ1) is 5.70. The first-order valence-electron chi connectivity index (χ1n) is 4.19. The zero-order chi connectivity index (χ0) is 9.40. The molecule has 0 saturated carbocycles. The molecule has 0 radical (unpaired) electrons. The normalized spacial score (nSPS) is 12.4.